The van der Waals surface area contributed by atoms with Crippen LogP contribution in [-0.4, -0.2) is 46.9 Å². The third-order valence-corrected chi connectivity index (χ3v) is 7.58. The van der Waals surface area contributed by atoms with E-state index in [1.165, 1.54) is 11.8 Å². The van der Waals surface area contributed by atoms with Gasteiger partial charge < -0.3 is 14.8 Å². The summed E-state index contributed by atoms with van der Waals surface area (Å²) in [6.45, 7) is 3.03. The third kappa shape index (κ3) is 7.74. The number of thioether (sulfide) groups is 1. The summed E-state index contributed by atoms with van der Waals surface area (Å²) in [6, 6.07) is 23.0. The second-order valence-corrected chi connectivity index (χ2v) is 10.2. The molecular formula is C26H30N2O5S2. The maximum atomic E-state index is 13.5. The minimum absolute atomic E-state index is 0.114. The molecule has 0 atom stereocenters. The van der Waals surface area contributed by atoms with Crippen molar-refractivity contribution in [1.82, 2.24) is 5.32 Å². The first-order valence-corrected chi connectivity index (χ1v) is 13.9. The van der Waals surface area contributed by atoms with Gasteiger partial charge in [-0.1, -0.05) is 30.3 Å². The van der Waals surface area contributed by atoms with Crippen LogP contribution in [0, 0.1) is 0 Å². The highest BCUT2D eigenvalue weighted by Crippen LogP contribution is 2.27. The number of anilines is 1. The van der Waals surface area contributed by atoms with Crippen molar-refractivity contribution in [3.63, 3.8) is 0 Å². The average Bonchev–Trinajstić information content (AvgIpc) is 2.88. The first-order chi connectivity index (χ1) is 16.9. The van der Waals surface area contributed by atoms with Crippen molar-refractivity contribution in [1.29, 1.82) is 0 Å². The molecule has 0 fully saturated rings. The summed E-state index contributed by atoms with van der Waals surface area (Å²) in [4.78, 5) is 13.8. The zero-order valence-corrected chi connectivity index (χ0v) is 21.5. The molecule has 35 heavy (non-hydrogen) atoms. The Morgan fingerprint density at radius 2 is 1.66 bits per heavy atom. The Kier molecular flexibility index (Phi) is 10.0. The molecule has 0 aliphatic heterocycles. The Bertz CT molecular complexity index is 1170. The molecule has 3 rings (SSSR count). The van der Waals surface area contributed by atoms with E-state index in [4.69, 9.17) is 9.47 Å². The molecule has 186 valence electrons. The fraction of sp³-hybridized carbons (Fsp3) is 0.269. The number of amides is 1. The summed E-state index contributed by atoms with van der Waals surface area (Å²) in [6.07, 6.45) is 1.92. The Balaban J connectivity index is 1.69. The lowest BCUT2D eigenvalue weighted by Crippen LogP contribution is -2.41. The van der Waals surface area contributed by atoms with Crippen molar-refractivity contribution in [2.24, 2.45) is 0 Å². The lowest BCUT2D eigenvalue weighted by Gasteiger charge is -2.24. The number of nitrogens with zero attached hydrogens (tertiary/aromatic N) is 1. The van der Waals surface area contributed by atoms with Crippen LogP contribution in [-0.2, 0) is 26.2 Å². The molecule has 1 amide bonds. The SMILES string of the molecule is CCOc1ccc(N(CC(=O)NCCOCc2ccccc2)S(=O)(=O)c2ccc(SC)cc2)cc1. The molecule has 0 saturated carbocycles. The molecule has 0 radical (unpaired) electrons. The van der Waals surface area contributed by atoms with E-state index in [2.05, 4.69) is 5.32 Å². The van der Waals surface area contributed by atoms with Gasteiger partial charge in [0.1, 0.15) is 12.3 Å². The van der Waals surface area contributed by atoms with Gasteiger partial charge in [0, 0.05) is 11.4 Å². The average molecular weight is 515 g/mol. The summed E-state index contributed by atoms with van der Waals surface area (Å²) in [5, 5.41) is 2.74. The Morgan fingerprint density at radius 3 is 2.29 bits per heavy atom. The molecule has 7 nitrogen and oxygen atoms in total. The highest BCUT2D eigenvalue weighted by molar-refractivity contribution is 7.98. The summed E-state index contributed by atoms with van der Waals surface area (Å²) in [5.74, 6) is 0.199. The highest BCUT2D eigenvalue weighted by atomic mass is 32.2. The van der Waals surface area contributed by atoms with E-state index in [-0.39, 0.29) is 18.0 Å². The summed E-state index contributed by atoms with van der Waals surface area (Å²) in [5.41, 5.74) is 1.41. The van der Waals surface area contributed by atoms with Gasteiger partial charge in [-0.15, -0.1) is 11.8 Å². The van der Waals surface area contributed by atoms with Crippen molar-refractivity contribution in [2.45, 2.75) is 23.3 Å². The van der Waals surface area contributed by atoms with Gasteiger partial charge in [-0.05, 0) is 67.3 Å². The van der Waals surface area contributed by atoms with Crippen LogP contribution in [0.15, 0.2) is 88.7 Å². The maximum Gasteiger partial charge on any atom is 0.264 e. The van der Waals surface area contributed by atoms with E-state index in [1.807, 2.05) is 43.5 Å². The van der Waals surface area contributed by atoms with Crippen LogP contribution in [0.4, 0.5) is 5.69 Å². The number of carbonyl (C=O) groups is 1. The molecule has 0 saturated heterocycles. The van der Waals surface area contributed by atoms with Crippen molar-refractivity contribution >= 4 is 33.4 Å². The van der Waals surface area contributed by atoms with Gasteiger partial charge in [-0.25, -0.2) is 8.42 Å². The molecule has 9 heteroatoms. The molecule has 0 aliphatic carbocycles. The molecule has 0 bridgehead atoms. The van der Waals surface area contributed by atoms with Crippen LogP contribution in [0.1, 0.15) is 12.5 Å². The van der Waals surface area contributed by atoms with Gasteiger partial charge in [-0.3, -0.25) is 9.10 Å². The third-order valence-electron chi connectivity index (χ3n) is 5.05. The summed E-state index contributed by atoms with van der Waals surface area (Å²) in [7, 11) is -3.98. The molecule has 0 unspecified atom stereocenters. The summed E-state index contributed by atoms with van der Waals surface area (Å²) < 4.78 is 39.2. The smallest absolute Gasteiger partial charge is 0.264 e. The van der Waals surface area contributed by atoms with E-state index in [1.54, 1.807) is 48.5 Å². The van der Waals surface area contributed by atoms with Crippen molar-refractivity contribution in [3.8, 4) is 5.75 Å². The standard InChI is InChI=1S/C26H30N2O5S2/c1-3-33-23-11-9-22(10-12-23)28(35(30,31)25-15-13-24(34-2)14-16-25)19-26(29)27-17-18-32-20-21-7-5-4-6-8-21/h4-16H,3,17-20H2,1-2H3,(H,27,29). The number of ether oxygens (including phenoxy) is 2. The number of carbonyl (C=O) groups excluding carboxylic acids is 1. The maximum absolute atomic E-state index is 13.5. The first kappa shape index (κ1) is 26.6. The van der Waals surface area contributed by atoms with E-state index in [0.29, 0.717) is 31.3 Å². The Hall–Kier alpha value is -3.01. The van der Waals surface area contributed by atoms with E-state index in [0.717, 1.165) is 14.8 Å². The van der Waals surface area contributed by atoms with Gasteiger partial charge >= 0.3 is 0 Å². The molecule has 0 aliphatic rings. The molecular weight excluding hydrogens is 484 g/mol. The van der Waals surface area contributed by atoms with Gasteiger partial charge in [0.25, 0.3) is 10.0 Å². The number of rotatable bonds is 13. The lowest BCUT2D eigenvalue weighted by atomic mass is 10.2. The fourth-order valence-electron chi connectivity index (χ4n) is 3.28. The number of benzene rings is 3. The Morgan fingerprint density at radius 1 is 0.971 bits per heavy atom. The number of nitrogens with one attached hydrogen (secondary N) is 1. The zero-order chi connectivity index (χ0) is 25.1. The van der Waals surface area contributed by atoms with Crippen LogP contribution >= 0.6 is 11.8 Å². The second-order valence-electron chi connectivity index (χ2n) is 7.50. The predicted molar refractivity (Wildman–Crippen MR) is 139 cm³/mol. The quantitative estimate of drug-likeness (QED) is 0.270. The molecule has 0 heterocycles. The van der Waals surface area contributed by atoms with Crippen LogP contribution in [0.25, 0.3) is 0 Å². The molecule has 0 aromatic heterocycles. The van der Waals surface area contributed by atoms with Gasteiger partial charge in [0.05, 0.1) is 30.4 Å². The van der Waals surface area contributed by atoms with Gasteiger partial charge in [0.15, 0.2) is 0 Å². The van der Waals surface area contributed by atoms with Crippen molar-refractivity contribution in [2.75, 3.05) is 36.9 Å². The van der Waals surface area contributed by atoms with Crippen molar-refractivity contribution in [3.05, 3.63) is 84.4 Å². The van der Waals surface area contributed by atoms with Crippen LogP contribution in [0.5, 0.6) is 5.75 Å². The number of hydrogen-bond acceptors (Lipinski definition) is 6. The topological polar surface area (TPSA) is 84.9 Å². The number of hydrogen-bond donors (Lipinski definition) is 1. The predicted octanol–water partition coefficient (Wildman–Crippen LogP) is 4.34. The molecule has 0 spiro atoms. The normalized spacial score (nSPS) is 11.1. The van der Waals surface area contributed by atoms with E-state index in [9.17, 15) is 13.2 Å². The van der Waals surface area contributed by atoms with Crippen LogP contribution < -0.4 is 14.4 Å². The fourth-order valence-corrected chi connectivity index (χ4v) is 5.11. The second kappa shape index (κ2) is 13.2. The molecule has 3 aromatic carbocycles. The highest BCUT2D eigenvalue weighted by Gasteiger charge is 2.27. The monoisotopic (exact) mass is 514 g/mol. The van der Waals surface area contributed by atoms with E-state index < -0.39 is 15.9 Å². The van der Waals surface area contributed by atoms with E-state index >= 15 is 0 Å². The Labute approximate surface area is 211 Å². The summed E-state index contributed by atoms with van der Waals surface area (Å²) >= 11 is 1.52. The van der Waals surface area contributed by atoms with Gasteiger partial charge in [0.2, 0.25) is 5.91 Å². The first-order valence-electron chi connectivity index (χ1n) is 11.2. The number of sulfonamides is 1. The minimum Gasteiger partial charge on any atom is -0.494 e. The van der Waals surface area contributed by atoms with Crippen molar-refractivity contribution < 1.29 is 22.7 Å². The lowest BCUT2D eigenvalue weighted by molar-refractivity contribution is -0.119. The van der Waals surface area contributed by atoms with Gasteiger partial charge in [-0.2, -0.15) is 0 Å². The van der Waals surface area contributed by atoms with Crippen LogP contribution in [0.2, 0.25) is 0 Å². The molecule has 1 N–H and O–H groups in total. The zero-order valence-electron chi connectivity index (χ0n) is 19.8. The minimum atomic E-state index is -3.98. The van der Waals surface area contributed by atoms with Crippen LogP contribution in [0.3, 0.4) is 0 Å². The molecule has 3 aromatic rings. The largest absolute Gasteiger partial charge is 0.494 e.